The van der Waals surface area contributed by atoms with E-state index < -0.39 is 0 Å². The molecule has 1 heterocycles. The molecule has 2 aromatic carbocycles. The quantitative estimate of drug-likeness (QED) is 0.745. The zero-order chi connectivity index (χ0) is 14.3. The number of benzene rings is 2. The van der Waals surface area contributed by atoms with E-state index in [9.17, 15) is 0 Å². The van der Waals surface area contributed by atoms with Crippen molar-refractivity contribution in [2.75, 3.05) is 5.32 Å². The summed E-state index contributed by atoms with van der Waals surface area (Å²) >= 11 is 0. The predicted octanol–water partition coefficient (Wildman–Crippen LogP) is 4.49. The highest BCUT2D eigenvalue weighted by Gasteiger charge is 1.98. The molecule has 0 aliphatic rings. The molecule has 3 heteroatoms. The number of ether oxygens (including phenoxy) is 1. The fourth-order valence-corrected chi connectivity index (χ4v) is 1.97. The lowest BCUT2D eigenvalue weighted by molar-refractivity contribution is 0.483. The number of hydrogen-bond donors (Lipinski definition) is 1. The third kappa shape index (κ3) is 3.83. The molecule has 3 rings (SSSR count). The van der Waals surface area contributed by atoms with Gasteiger partial charge in [-0.25, -0.2) is 0 Å². The van der Waals surface area contributed by atoms with Gasteiger partial charge in [0.05, 0.1) is 0 Å². The summed E-state index contributed by atoms with van der Waals surface area (Å²) in [6.45, 7) is 0.757. The van der Waals surface area contributed by atoms with Crippen LogP contribution in [-0.2, 0) is 6.54 Å². The molecular formula is C18H16N2O. The first kappa shape index (κ1) is 13.2. The van der Waals surface area contributed by atoms with E-state index >= 15 is 0 Å². The standard InChI is InChI=1S/C18H16N2O/c1-2-6-17(7-3-1)21-18-10-8-16(9-11-18)20-14-15-5-4-12-19-13-15/h1-13,20H,14H2. The molecule has 0 amide bonds. The van der Waals surface area contributed by atoms with E-state index in [1.54, 1.807) is 6.20 Å². The van der Waals surface area contributed by atoms with Crippen LogP contribution in [0.5, 0.6) is 11.5 Å². The van der Waals surface area contributed by atoms with Gasteiger partial charge in [-0.3, -0.25) is 4.98 Å². The van der Waals surface area contributed by atoms with Gasteiger partial charge in [0.15, 0.2) is 0 Å². The van der Waals surface area contributed by atoms with Gasteiger partial charge in [0.1, 0.15) is 11.5 Å². The summed E-state index contributed by atoms with van der Waals surface area (Å²) in [5.41, 5.74) is 2.21. The second-order valence-corrected chi connectivity index (χ2v) is 4.65. The first-order chi connectivity index (χ1) is 10.4. The number of nitrogens with zero attached hydrogens (tertiary/aromatic N) is 1. The summed E-state index contributed by atoms with van der Waals surface area (Å²) in [7, 11) is 0. The van der Waals surface area contributed by atoms with Crippen molar-refractivity contribution in [2.24, 2.45) is 0 Å². The zero-order valence-corrected chi connectivity index (χ0v) is 11.6. The Morgan fingerprint density at radius 1 is 0.810 bits per heavy atom. The Kier molecular flexibility index (Phi) is 4.12. The fourth-order valence-electron chi connectivity index (χ4n) is 1.97. The maximum Gasteiger partial charge on any atom is 0.127 e. The number of hydrogen-bond acceptors (Lipinski definition) is 3. The number of nitrogens with one attached hydrogen (secondary N) is 1. The van der Waals surface area contributed by atoms with E-state index in [1.807, 2.05) is 72.9 Å². The summed E-state index contributed by atoms with van der Waals surface area (Å²) < 4.78 is 5.76. The number of anilines is 1. The molecule has 21 heavy (non-hydrogen) atoms. The van der Waals surface area contributed by atoms with Crippen LogP contribution in [0.25, 0.3) is 0 Å². The summed E-state index contributed by atoms with van der Waals surface area (Å²) in [5.74, 6) is 1.67. The van der Waals surface area contributed by atoms with Crippen LogP contribution in [0.15, 0.2) is 79.1 Å². The Balaban J connectivity index is 1.59. The Bertz CT molecular complexity index is 667. The molecule has 0 saturated heterocycles. The number of pyridine rings is 1. The van der Waals surface area contributed by atoms with Crippen molar-refractivity contribution in [3.63, 3.8) is 0 Å². The van der Waals surface area contributed by atoms with Crippen molar-refractivity contribution in [3.8, 4) is 11.5 Å². The van der Waals surface area contributed by atoms with Crippen molar-refractivity contribution in [2.45, 2.75) is 6.54 Å². The highest BCUT2D eigenvalue weighted by molar-refractivity contribution is 5.47. The Labute approximate surface area is 124 Å². The largest absolute Gasteiger partial charge is 0.457 e. The third-order valence-electron chi connectivity index (χ3n) is 3.05. The molecule has 0 aliphatic heterocycles. The van der Waals surface area contributed by atoms with Crippen molar-refractivity contribution in [1.82, 2.24) is 4.98 Å². The van der Waals surface area contributed by atoms with Gasteiger partial charge in [0.25, 0.3) is 0 Å². The minimum atomic E-state index is 0.757. The lowest BCUT2D eigenvalue weighted by Crippen LogP contribution is -1.99. The molecule has 0 aliphatic carbocycles. The first-order valence-corrected chi connectivity index (χ1v) is 6.86. The van der Waals surface area contributed by atoms with Crippen LogP contribution in [-0.4, -0.2) is 4.98 Å². The van der Waals surface area contributed by atoms with E-state index in [-0.39, 0.29) is 0 Å². The number of para-hydroxylation sites is 1. The molecule has 0 bridgehead atoms. The highest BCUT2D eigenvalue weighted by atomic mass is 16.5. The van der Waals surface area contributed by atoms with E-state index in [0.29, 0.717) is 0 Å². The monoisotopic (exact) mass is 276 g/mol. The molecular weight excluding hydrogens is 260 g/mol. The van der Waals surface area contributed by atoms with Crippen LogP contribution >= 0.6 is 0 Å². The van der Waals surface area contributed by atoms with Gasteiger partial charge < -0.3 is 10.1 Å². The molecule has 3 aromatic rings. The molecule has 0 spiro atoms. The Hall–Kier alpha value is -2.81. The van der Waals surface area contributed by atoms with Gasteiger partial charge in [0, 0.05) is 24.6 Å². The molecule has 0 atom stereocenters. The summed E-state index contributed by atoms with van der Waals surface area (Å²) in [6, 6.07) is 21.7. The van der Waals surface area contributed by atoms with E-state index in [4.69, 9.17) is 4.74 Å². The fraction of sp³-hybridized carbons (Fsp3) is 0.0556. The van der Waals surface area contributed by atoms with Gasteiger partial charge in [0.2, 0.25) is 0 Å². The van der Waals surface area contributed by atoms with Gasteiger partial charge in [-0.2, -0.15) is 0 Å². The maximum atomic E-state index is 5.76. The normalized spacial score (nSPS) is 10.1. The highest BCUT2D eigenvalue weighted by Crippen LogP contribution is 2.22. The topological polar surface area (TPSA) is 34.1 Å². The SMILES string of the molecule is c1ccc(Oc2ccc(NCc3cccnc3)cc2)cc1. The Morgan fingerprint density at radius 3 is 2.29 bits per heavy atom. The van der Waals surface area contributed by atoms with Gasteiger partial charge in [-0.05, 0) is 48.0 Å². The molecule has 1 aromatic heterocycles. The lowest BCUT2D eigenvalue weighted by atomic mass is 10.2. The molecule has 1 N–H and O–H groups in total. The van der Waals surface area contributed by atoms with Crippen LogP contribution in [0.4, 0.5) is 5.69 Å². The van der Waals surface area contributed by atoms with Crippen LogP contribution in [0, 0.1) is 0 Å². The lowest BCUT2D eigenvalue weighted by Gasteiger charge is -2.08. The first-order valence-electron chi connectivity index (χ1n) is 6.86. The molecule has 0 saturated carbocycles. The molecule has 0 radical (unpaired) electrons. The van der Waals surface area contributed by atoms with Crippen LogP contribution in [0.1, 0.15) is 5.56 Å². The van der Waals surface area contributed by atoms with Gasteiger partial charge in [-0.15, -0.1) is 0 Å². The predicted molar refractivity (Wildman–Crippen MR) is 84.5 cm³/mol. The summed E-state index contributed by atoms with van der Waals surface area (Å²) in [5, 5.41) is 3.36. The smallest absolute Gasteiger partial charge is 0.127 e. The van der Waals surface area contributed by atoms with Gasteiger partial charge >= 0.3 is 0 Å². The molecule has 0 unspecified atom stereocenters. The van der Waals surface area contributed by atoms with Crippen molar-refractivity contribution < 1.29 is 4.74 Å². The van der Waals surface area contributed by atoms with Crippen LogP contribution < -0.4 is 10.1 Å². The van der Waals surface area contributed by atoms with Gasteiger partial charge in [-0.1, -0.05) is 24.3 Å². The summed E-state index contributed by atoms with van der Waals surface area (Å²) in [6.07, 6.45) is 3.64. The second kappa shape index (κ2) is 6.57. The maximum absolute atomic E-state index is 5.76. The van der Waals surface area contributed by atoms with E-state index in [1.165, 1.54) is 0 Å². The summed E-state index contributed by atoms with van der Waals surface area (Å²) in [4.78, 5) is 4.10. The van der Waals surface area contributed by atoms with E-state index in [0.717, 1.165) is 29.3 Å². The zero-order valence-electron chi connectivity index (χ0n) is 11.6. The number of aromatic nitrogens is 1. The van der Waals surface area contributed by atoms with Crippen LogP contribution in [0.3, 0.4) is 0 Å². The molecule has 104 valence electrons. The second-order valence-electron chi connectivity index (χ2n) is 4.65. The third-order valence-corrected chi connectivity index (χ3v) is 3.05. The minimum Gasteiger partial charge on any atom is -0.457 e. The average Bonchev–Trinajstić information content (AvgIpc) is 2.56. The average molecular weight is 276 g/mol. The van der Waals surface area contributed by atoms with Crippen LogP contribution in [0.2, 0.25) is 0 Å². The van der Waals surface area contributed by atoms with Crippen molar-refractivity contribution in [3.05, 3.63) is 84.7 Å². The molecule has 3 nitrogen and oxygen atoms in total. The number of rotatable bonds is 5. The van der Waals surface area contributed by atoms with Crippen molar-refractivity contribution in [1.29, 1.82) is 0 Å². The minimum absolute atomic E-state index is 0.757. The van der Waals surface area contributed by atoms with Crippen molar-refractivity contribution >= 4 is 5.69 Å². The molecule has 0 fully saturated rings. The van der Waals surface area contributed by atoms with E-state index in [2.05, 4.69) is 10.3 Å². The Morgan fingerprint density at radius 2 is 1.57 bits per heavy atom.